The third-order valence-electron chi connectivity index (χ3n) is 4.43. The zero-order chi connectivity index (χ0) is 17.8. The number of nitrogens with zero attached hydrogens (tertiary/aromatic N) is 1. The fourth-order valence-corrected chi connectivity index (χ4v) is 3.97. The van der Waals surface area contributed by atoms with Gasteiger partial charge in [0, 0.05) is 38.0 Å². The predicted molar refractivity (Wildman–Crippen MR) is 112 cm³/mol. The summed E-state index contributed by atoms with van der Waals surface area (Å²) in [5.74, 6) is 0.0606. The molecule has 0 aliphatic carbocycles. The van der Waals surface area contributed by atoms with E-state index in [-0.39, 0.29) is 11.8 Å². The Hall–Kier alpha value is -0.820. The zero-order valence-electron chi connectivity index (χ0n) is 13.6. The van der Waals surface area contributed by atoms with Crippen molar-refractivity contribution in [1.82, 2.24) is 4.90 Å². The number of amides is 1. The Kier molecular flexibility index (Phi) is 6.61. The number of rotatable bonds is 4. The molecular formula is C19H19Cl2IN2O. The Labute approximate surface area is 171 Å². The quantitative estimate of drug-likeness (QED) is 0.580. The van der Waals surface area contributed by atoms with Gasteiger partial charge in [0.2, 0.25) is 5.91 Å². The van der Waals surface area contributed by atoms with E-state index in [1.165, 1.54) is 0 Å². The van der Waals surface area contributed by atoms with Crippen molar-refractivity contribution in [3.8, 4) is 0 Å². The van der Waals surface area contributed by atoms with E-state index in [1.54, 1.807) is 0 Å². The van der Waals surface area contributed by atoms with Crippen LogP contribution in [0.15, 0.2) is 42.5 Å². The molecular weight excluding hydrogens is 470 g/mol. The number of hydrogen-bond acceptors (Lipinski definition) is 2. The van der Waals surface area contributed by atoms with Crippen LogP contribution in [0.5, 0.6) is 0 Å². The number of anilines is 1. The second-order valence-corrected chi connectivity index (χ2v) is 8.33. The lowest BCUT2D eigenvalue weighted by atomic mass is 9.96. The number of halogens is 3. The Morgan fingerprint density at radius 3 is 2.52 bits per heavy atom. The largest absolute Gasteiger partial charge is 0.326 e. The number of nitrogens with one attached hydrogen (secondary N) is 1. The fourth-order valence-electron chi connectivity index (χ4n) is 3.10. The van der Waals surface area contributed by atoms with E-state index < -0.39 is 0 Å². The van der Waals surface area contributed by atoms with E-state index in [0.29, 0.717) is 16.6 Å². The van der Waals surface area contributed by atoms with Crippen molar-refractivity contribution in [2.75, 3.05) is 18.4 Å². The molecule has 2 aromatic rings. The maximum Gasteiger partial charge on any atom is 0.228 e. The number of hydrogen-bond donors (Lipinski definition) is 1. The maximum absolute atomic E-state index is 12.6. The van der Waals surface area contributed by atoms with E-state index in [1.807, 2.05) is 42.5 Å². The van der Waals surface area contributed by atoms with Crippen LogP contribution in [0.4, 0.5) is 5.69 Å². The average Bonchev–Trinajstić information content (AvgIpc) is 2.60. The molecule has 1 amide bonds. The molecule has 0 aromatic heterocycles. The van der Waals surface area contributed by atoms with Gasteiger partial charge in [-0.2, -0.15) is 0 Å². The predicted octanol–water partition coefficient (Wildman–Crippen LogP) is 5.45. The van der Waals surface area contributed by atoms with E-state index in [9.17, 15) is 4.79 Å². The minimum absolute atomic E-state index is 0.0192. The van der Waals surface area contributed by atoms with E-state index in [2.05, 4.69) is 32.8 Å². The molecule has 1 atom stereocenters. The monoisotopic (exact) mass is 488 g/mol. The molecule has 0 saturated carbocycles. The molecule has 1 aliphatic heterocycles. The van der Waals surface area contributed by atoms with Crippen molar-refractivity contribution in [2.45, 2.75) is 19.4 Å². The van der Waals surface area contributed by atoms with Crippen LogP contribution in [-0.4, -0.2) is 23.9 Å². The molecule has 1 aliphatic rings. The van der Waals surface area contributed by atoms with Crippen molar-refractivity contribution < 1.29 is 4.79 Å². The summed E-state index contributed by atoms with van der Waals surface area (Å²) < 4.78 is 1.15. The van der Waals surface area contributed by atoms with Gasteiger partial charge in [0.25, 0.3) is 0 Å². The lowest BCUT2D eigenvalue weighted by Crippen LogP contribution is -2.40. The SMILES string of the molecule is O=C(Nc1ccc(I)cc1)C1CCCN(Cc2c(Cl)cccc2Cl)C1. The van der Waals surface area contributed by atoms with Crippen LogP contribution < -0.4 is 5.32 Å². The minimum atomic E-state index is -0.0192. The van der Waals surface area contributed by atoms with Crippen molar-refractivity contribution in [2.24, 2.45) is 5.92 Å². The highest BCUT2D eigenvalue weighted by Gasteiger charge is 2.26. The van der Waals surface area contributed by atoms with Gasteiger partial charge in [-0.25, -0.2) is 0 Å². The highest BCUT2D eigenvalue weighted by Crippen LogP contribution is 2.28. The lowest BCUT2D eigenvalue weighted by molar-refractivity contribution is -0.121. The molecule has 1 saturated heterocycles. The van der Waals surface area contributed by atoms with Crippen molar-refractivity contribution in [1.29, 1.82) is 0 Å². The zero-order valence-corrected chi connectivity index (χ0v) is 17.3. The van der Waals surface area contributed by atoms with Gasteiger partial charge in [-0.3, -0.25) is 9.69 Å². The third kappa shape index (κ3) is 5.09. The summed E-state index contributed by atoms with van der Waals surface area (Å²) in [5, 5.41) is 4.38. The Morgan fingerprint density at radius 2 is 1.84 bits per heavy atom. The summed E-state index contributed by atoms with van der Waals surface area (Å²) in [6.45, 7) is 2.35. The van der Waals surface area contributed by atoms with Gasteiger partial charge in [-0.1, -0.05) is 29.3 Å². The molecule has 1 unspecified atom stereocenters. The van der Waals surface area contributed by atoms with Gasteiger partial charge in [0.05, 0.1) is 5.92 Å². The molecule has 6 heteroatoms. The lowest BCUT2D eigenvalue weighted by Gasteiger charge is -2.32. The number of carbonyl (C=O) groups is 1. The van der Waals surface area contributed by atoms with Crippen LogP contribution in [0.3, 0.4) is 0 Å². The fraction of sp³-hybridized carbons (Fsp3) is 0.316. The van der Waals surface area contributed by atoms with Crippen LogP contribution in [0.1, 0.15) is 18.4 Å². The summed E-state index contributed by atoms with van der Waals surface area (Å²) in [7, 11) is 0. The highest BCUT2D eigenvalue weighted by atomic mass is 127. The second kappa shape index (κ2) is 8.71. The smallest absolute Gasteiger partial charge is 0.228 e. The number of carbonyl (C=O) groups excluding carboxylic acids is 1. The van der Waals surface area contributed by atoms with Gasteiger partial charge in [-0.05, 0) is 78.4 Å². The first kappa shape index (κ1) is 19.0. The van der Waals surface area contributed by atoms with Crippen LogP contribution in [0, 0.1) is 9.49 Å². The Morgan fingerprint density at radius 1 is 1.16 bits per heavy atom. The molecule has 1 N–H and O–H groups in total. The Bertz CT molecular complexity index is 731. The van der Waals surface area contributed by atoms with E-state index in [4.69, 9.17) is 23.2 Å². The van der Waals surface area contributed by atoms with Gasteiger partial charge >= 0.3 is 0 Å². The first-order chi connectivity index (χ1) is 12.0. The first-order valence-electron chi connectivity index (χ1n) is 8.24. The maximum atomic E-state index is 12.6. The summed E-state index contributed by atoms with van der Waals surface area (Å²) in [4.78, 5) is 14.9. The van der Waals surface area contributed by atoms with Gasteiger partial charge in [0.15, 0.2) is 0 Å². The highest BCUT2D eigenvalue weighted by molar-refractivity contribution is 14.1. The Balaban J connectivity index is 1.62. The molecule has 0 bridgehead atoms. The second-order valence-electron chi connectivity index (χ2n) is 6.27. The molecule has 3 nitrogen and oxygen atoms in total. The molecule has 3 rings (SSSR count). The normalized spacial score (nSPS) is 18.1. The van der Waals surface area contributed by atoms with E-state index >= 15 is 0 Å². The van der Waals surface area contributed by atoms with Crippen molar-refractivity contribution in [3.63, 3.8) is 0 Å². The summed E-state index contributed by atoms with van der Waals surface area (Å²) >= 11 is 14.8. The summed E-state index contributed by atoms with van der Waals surface area (Å²) in [6, 6.07) is 13.4. The topological polar surface area (TPSA) is 32.3 Å². The molecule has 0 radical (unpaired) electrons. The van der Waals surface area contributed by atoms with E-state index in [0.717, 1.165) is 40.8 Å². The first-order valence-corrected chi connectivity index (χ1v) is 10.1. The average molecular weight is 489 g/mol. The summed E-state index contributed by atoms with van der Waals surface area (Å²) in [6.07, 6.45) is 1.90. The molecule has 2 aromatic carbocycles. The number of likely N-dealkylation sites (tertiary alicyclic amines) is 1. The molecule has 0 spiro atoms. The van der Waals surface area contributed by atoms with Crippen LogP contribution in [0.25, 0.3) is 0 Å². The van der Waals surface area contributed by atoms with Crippen molar-refractivity contribution >= 4 is 57.4 Å². The number of piperidine rings is 1. The third-order valence-corrected chi connectivity index (χ3v) is 5.86. The number of benzene rings is 2. The van der Waals surface area contributed by atoms with Crippen LogP contribution in [0.2, 0.25) is 10.0 Å². The van der Waals surface area contributed by atoms with Crippen LogP contribution >= 0.6 is 45.8 Å². The molecule has 1 fully saturated rings. The molecule has 132 valence electrons. The molecule has 25 heavy (non-hydrogen) atoms. The standard InChI is InChI=1S/C19H19Cl2IN2O/c20-17-4-1-5-18(21)16(17)12-24-10-2-3-13(11-24)19(25)23-15-8-6-14(22)7-9-15/h1,4-9,13H,2-3,10-12H2,(H,23,25). The van der Waals surface area contributed by atoms with Gasteiger partial charge in [0.1, 0.15) is 0 Å². The molecule has 1 heterocycles. The van der Waals surface area contributed by atoms with Gasteiger partial charge in [-0.15, -0.1) is 0 Å². The van der Waals surface area contributed by atoms with Gasteiger partial charge < -0.3 is 5.32 Å². The summed E-state index contributed by atoms with van der Waals surface area (Å²) in [5.41, 5.74) is 1.78. The van der Waals surface area contributed by atoms with Crippen molar-refractivity contribution in [3.05, 3.63) is 61.6 Å². The van der Waals surface area contributed by atoms with Crippen LogP contribution in [-0.2, 0) is 11.3 Å². The minimum Gasteiger partial charge on any atom is -0.326 e.